The van der Waals surface area contributed by atoms with Crippen LogP contribution in [0, 0.1) is 11.8 Å². The number of nitrogens with one attached hydrogen (secondary N) is 2. The summed E-state index contributed by atoms with van der Waals surface area (Å²) < 4.78 is 11.6. The molecule has 0 radical (unpaired) electrons. The zero-order chi connectivity index (χ0) is 21.3. The van der Waals surface area contributed by atoms with Crippen molar-refractivity contribution < 1.29 is 18.7 Å². The van der Waals surface area contributed by atoms with E-state index in [4.69, 9.17) is 9.15 Å². The first-order valence-electron chi connectivity index (χ1n) is 10.9. The fourth-order valence-electron chi connectivity index (χ4n) is 6.32. The average molecular weight is 414 g/mol. The van der Waals surface area contributed by atoms with Crippen LogP contribution in [-0.2, 0) is 20.9 Å². The van der Waals surface area contributed by atoms with Gasteiger partial charge in [-0.05, 0) is 52.7 Å². The largest absolute Gasteiger partial charge is 0.467 e. The molecule has 2 N–H and O–H groups in total. The van der Waals surface area contributed by atoms with E-state index in [0.717, 1.165) is 18.6 Å². The number of carbonyl (C=O) groups excluding carboxylic acids is 2. The maximum atomic E-state index is 13.4. The predicted molar refractivity (Wildman–Crippen MR) is 110 cm³/mol. The highest BCUT2D eigenvalue weighted by Crippen LogP contribution is 2.52. The molecule has 7 heteroatoms. The first-order chi connectivity index (χ1) is 14.1. The first kappa shape index (κ1) is 19.8. The van der Waals surface area contributed by atoms with Crippen LogP contribution >= 0.6 is 0 Å². The molecule has 30 heavy (non-hydrogen) atoms. The smallest absolute Gasteiger partial charge is 0.230 e. The molecule has 2 unspecified atom stereocenters. The van der Waals surface area contributed by atoms with Gasteiger partial charge in [0.2, 0.25) is 11.8 Å². The lowest BCUT2D eigenvalue weighted by molar-refractivity contribution is -0.138. The monoisotopic (exact) mass is 413 g/mol. The Kier molecular flexibility index (Phi) is 4.25. The minimum absolute atomic E-state index is 0.0237. The Morgan fingerprint density at radius 3 is 2.67 bits per heavy atom. The van der Waals surface area contributed by atoms with Crippen molar-refractivity contribution in [3.05, 3.63) is 36.3 Å². The second-order valence-electron chi connectivity index (χ2n) is 10.7. The number of hydrogen-bond donors (Lipinski definition) is 2. The highest BCUT2D eigenvalue weighted by Gasteiger charge is 2.67. The van der Waals surface area contributed by atoms with Crippen molar-refractivity contribution in [2.45, 2.75) is 75.9 Å². The van der Waals surface area contributed by atoms with E-state index in [-0.39, 0.29) is 35.0 Å². The number of furan rings is 1. The number of likely N-dealkylation sites (tertiary alicyclic amines) is 1. The molecule has 4 atom stereocenters. The van der Waals surface area contributed by atoms with Gasteiger partial charge < -0.3 is 24.7 Å². The molecular weight excluding hydrogens is 382 g/mol. The van der Waals surface area contributed by atoms with Crippen molar-refractivity contribution in [3.63, 3.8) is 0 Å². The lowest BCUT2D eigenvalue weighted by Crippen LogP contribution is -2.62. The summed E-state index contributed by atoms with van der Waals surface area (Å²) in [4.78, 5) is 28.4. The van der Waals surface area contributed by atoms with Gasteiger partial charge in [-0.25, -0.2) is 0 Å². The summed E-state index contributed by atoms with van der Waals surface area (Å²) in [5.74, 6) is -0.305. The number of rotatable bonds is 4. The third-order valence-electron chi connectivity index (χ3n) is 6.94. The van der Waals surface area contributed by atoms with Crippen molar-refractivity contribution in [2.75, 3.05) is 6.54 Å². The molecule has 7 nitrogen and oxygen atoms in total. The van der Waals surface area contributed by atoms with Crippen molar-refractivity contribution in [3.8, 4) is 0 Å². The van der Waals surface area contributed by atoms with Crippen molar-refractivity contribution in [1.82, 2.24) is 15.5 Å². The molecule has 0 saturated carbocycles. The topological polar surface area (TPSA) is 83.8 Å². The zero-order valence-electron chi connectivity index (χ0n) is 18.1. The van der Waals surface area contributed by atoms with E-state index in [2.05, 4.69) is 38.3 Å². The third kappa shape index (κ3) is 3.19. The minimum Gasteiger partial charge on any atom is -0.467 e. The summed E-state index contributed by atoms with van der Waals surface area (Å²) in [7, 11) is 0. The van der Waals surface area contributed by atoms with Crippen LogP contribution in [0.5, 0.6) is 0 Å². The Morgan fingerprint density at radius 1 is 1.27 bits per heavy atom. The van der Waals surface area contributed by atoms with Gasteiger partial charge in [0.15, 0.2) is 0 Å². The molecule has 5 heterocycles. The fraction of sp³-hybridized carbons (Fsp3) is 0.652. The van der Waals surface area contributed by atoms with Gasteiger partial charge in [-0.15, -0.1) is 0 Å². The summed E-state index contributed by atoms with van der Waals surface area (Å²) in [6.07, 6.45) is 6.93. The molecule has 5 rings (SSSR count). The highest BCUT2D eigenvalue weighted by atomic mass is 16.5. The van der Waals surface area contributed by atoms with E-state index in [1.807, 2.05) is 24.3 Å². The lowest BCUT2D eigenvalue weighted by atomic mass is 9.75. The summed E-state index contributed by atoms with van der Waals surface area (Å²) in [5.41, 5.74) is -0.812. The van der Waals surface area contributed by atoms with Gasteiger partial charge in [0, 0.05) is 17.1 Å². The van der Waals surface area contributed by atoms with Crippen LogP contribution in [0.25, 0.3) is 0 Å². The second-order valence-corrected chi connectivity index (χ2v) is 10.7. The molecule has 1 spiro atoms. The normalized spacial score (nSPS) is 36.3. The van der Waals surface area contributed by atoms with Crippen LogP contribution in [0.4, 0.5) is 0 Å². The highest BCUT2D eigenvalue weighted by molar-refractivity contribution is 5.93. The van der Waals surface area contributed by atoms with Crippen LogP contribution < -0.4 is 10.6 Å². The summed E-state index contributed by atoms with van der Waals surface area (Å²) in [5, 5.41) is 6.91. The number of ether oxygens (including phenoxy) is 1. The van der Waals surface area contributed by atoms with Gasteiger partial charge in [-0.2, -0.15) is 0 Å². The van der Waals surface area contributed by atoms with Gasteiger partial charge in [0.25, 0.3) is 0 Å². The van der Waals surface area contributed by atoms with Crippen LogP contribution in [0.2, 0.25) is 0 Å². The number of nitrogens with zero attached hydrogens (tertiary/aromatic N) is 1. The summed E-state index contributed by atoms with van der Waals surface area (Å²) in [6, 6.07) is 3.74. The van der Waals surface area contributed by atoms with E-state index in [1.54, 1.807) is 11.2 Å². The van der Waals surface area contributed by atoms with Gasteiger partial charge in [-0.1, -0.05) is 12.2 Å². The zero-order valence-corrected chi connectivity index (χ0v) is 18.1. The molecule has 3 fully saturated rings. The molecule has 0 aromatic carbocycles. The molecule has 2 bridgehead atoms. The molecule has 0 aliphatic carbocycles. The maximum Gasteiger partial charge on any atom is 0.230 e. The molecule has 3 saturated heterocycles. The molecule has 162 valence electrons. The standard InChI is InChI=1S/C23H31N3O4/c1-21(2)10-14(11-22(3,4)25-21)24-19(27)17-16-7-8-23(30-16)13-26(20(28)18(17)23)12-15-6-5-9-29-15/h5-9,14,16-18,25H,10-13H2,1-4H3,(H,24,27)/t16-,17?,18?,23+/m0/s1. The fourth-order valence-corrected chi connectivity index (χ4v) is 6.32. The van der Waals surface area contributed by atoms with Gasteiger partial charge in [0.05, 0.1) is 37.3 Å². The summed E-state index contributed by atoms with van der Waals surface area (Å²) in [6.45, 7) is 9.52. The Balaban J connectivity index is 1.33. The minimum atomic E-state index is -0.691. The van der Waals surface area contributed by atoms with Crippen molar-refractivity contribution >= 4 is 11.8 Å². The second kappa shape index (κ2) is 6.44. The van der Waals surface area contributed by atoms with Crippen molar-refractivity contribution in [2.24, 2.45) is 11.8 Å². The van der Waals surface area contributed by atoms with Crippen LogP contribution in [-0.4, -0.2) is 52.1 Å². The average Bonchev–Trinajstić information content (AvgIpc) is 3.35. The van der Waals surface area contributed by atoms with Crippen molar-refractivity contribution in [1.29, 1.82) is 0 Å². The predicted octanol–water partition coefficient (Wildman–Crippen LogP) is 1.99. The van der Waals surface area contributed by atoms with E-state index in [0.29, 0.717) is 13.1 Å². The number of fused-ring (bicyclic) bond motifs is 1. The maximum absolute atomic E-state index is 13.4. The quantitative estimate of drug-likeness (QED) is 0.738. The van der Waals surface area contributed by atoms with Gasteiger partial charge in [-0.3, -0.25) is 9.59 Å². The third-order valence-corrected chi connectivity index (χ3v) is 6.94. The van der Waals surface area contributed by atoms with Gasteiger partial charge in [0.1, 0.15) is 11.4 Å². The Labute approximate surface area is 177 Å². The summed E-state index contributed by atoms with van der Waals surface area (Å²) >= 11 is 0. The van der Waals surface area contributed by atoms with E-state index < -0.39 is 17.4 Å². The molecule has 4 aliphatic rings. The number of hydrogen-bond acceptors (Lipinski definition) is 5. The van der Waals surface area contributed by atoms with E-state index in [1.165, 1.54) is 0 Å². The molecule has 2 amide bonds. The molecule has 1 aromatic heterocycles. The van der Waals surface area contributed by atoms with Crippen LogP contribution in [0.1, 0.15) is 46.3 Å². The number of carbonyl (C=O) groups is 2. The Morgan fingerprint density at radius 2 is 2.00 bits per heavy atom. The lowest BCUT2D eigenvalue weighted by Gasteiger charge is -2.47. The van der Waals surface area contributed by atoms with E-state index >= 15 is 0 Å². The number of amides is 2. The SMILES string of the molecule is CC1(C)CC(NC(=O)C2C3C(=O)N(Cc4ccco4)C[C@]34C=C[C@@H]2O4)CC(C)(C)N1. The van der Waals surface area contributed by atoms with Crippen LogP contribution in [0.3, 0.4) is 0 Å². The van der Waals surface area contributed by atoms with Crippen LogP contribution in [0.15, 0.2) is 35.0 Å². The number of piperidine rings is 1. The first-order valence-corrected chi connectivity index (χ1v) is 10.9. The van der Waals surface area contributed by atoms with Gasteiger partial charge >= 0.3 is 0 Å². The Bertz CT molecular complexity index is 874. The molecule has 4 aliphatic heterocycles. The Hall–Kier alpha value is -2.12. The molecular formula is C23H31N3O4. The molecule has 1 aromatic rings. The van der Waals surface area contributed by atoms with E-state index in [9.17, 15) is 9.59 Å².